The summed E-state index contributed by atoms with van der Waals surface area (Å²) < 4.78 is 4.95. The zero-order chi connectivity index (χ0) is 14.3. The second-order valence-electron chi connectivity index (χ2n) is 4.44. The van der Waals surface area contributed by atoms with Crippen molar-refractivity contribution in [2.24, 2.45) is 0 Å². The number of anilines is 2. The summed E-state index contributed by atoms with van der Waals surface area (Å²) in [5.41, 5.74) is 7.76. The summed E-state index contributed by atoms with van der Waals surface area (Å²) in [5, 5.41) is 0. The number of hydrogen-bond donors (Lipinski definition) is 1. The molecule has 0 aromatic carbocycles. The van der Waals surface area contributed by atoms with E-state index in [0.29, 0.717) is 25.4 Å². The minimum atomic E-state index is -0.162. The minimum Gasteiger partial charge on any atom is -0.466 e. The molecule has 0 unspecified atom stereocenters. The molecular weight excluding hydrogens is 242 g/mol. The van der Waals surface area contributed by atoms with Crippen molar-refractivity contribution in [3.05, 3.63) is 17.8 Å². The van der Waals surface area contributed by atoms with E-state index in [4.69, 9.17) is 10.5 Å². The third-order valence-corrected chi connectivity index (χ3v) is 2.83. The van der Waals surface area contributed by atoms with Crippen LogP contribution in [0, 0.1) is 6.92 Å². The third-order valence-electron chi connectivity index (χ3n) is 2.83. The van der Waals surface area contributed by atoms with Gasteiger partial charge >= 0.3 is 5.97 Å². The highest BCUT2D eigenvalue weighted by atomic mass is 16.5. The predicted octanol–water partition coefficient (Wildman–Crippen LogP) is 2.14. The maximum absolute atomic E-state index is 11.4. The molecule has 5 nitrogen and oxygen atoms in total. The molecule has 0 bridgehead atoms. The summed E-state index contributed by atoms with van der Waals surface area (Å²) in [6.45, 7) is 7.87. The Labute approximate surface area is 114 Å². The lowest BCUT2D eigenvalue weighted by Gasteiger charge is -2.25. The molecule has 0 aliphatic heterocycles. The van der Waals surface area contributed by atoms with Crippen LogP contribution >= 0.6 is 0 Å². The first-order chi connectivity index (χ1) is 9.08. The van der Waals surface area contributed by atoms with Crippen LogP contribution in [0.3, 0.4) is 0 Å². The van der Waals surface area contributed by atoms with Gasteiger partial charge in [-0.2, -0.15) is 0 Å². The van der Waals surface area contributed by atoms with Crippen LogP contribution < -0.4 is 10.6 Å². The van der Waals surface area contributed by atoms with Gasteiger partial charge in [0.05, 0.1) is 24.9 Å². The van der Waals surface area contributed by atoms with Crippen LogP contribution in [0.5, 0.6) is 0 Å². The number of pyridine rings is 1. The van der Waals surface area contributed by atoms with E-state index in [-0.39, 0.29) is 5.97 Å². The number of aromatic nitrogens is 1. The molecule has 0 saturated carbocycles. The summed E-state index contributed by atoms with van der Waals surface area (Å²) in [4.78, 5) is 17.7. The highest BCUT2D eigenvalue weighted by Crippen LogP contribution is 2.20. The van der Waals surface area contributed by atoms with E-state index in [2.05, 4.69) is 16.8 Å². The Morgan fingerprint density at radius 2 is 2.16 bits per heavy atom. The van der Waals surface area contributed by atoms with Crippen molar-refractivity contribution in [2.45, 2.75) is 33.6 Å². The molecule has 0 aliphatic carbocycles. The summed E-state index contributed by atoms with van der Waals surface area (Å²) >= 11 is 0. The smallest absolute Gasteiger partial charge is 0.307 e. The third kappa shape index (κ3) is 4.77. The van der Waals surface area contributed by atoms with Crippen LogP contribution in [0.4, 0.5) is 11.5 Å². The summed E-state index contributed by atoms with van der Waals surface area (Å²) in [6, 6.07) is 1.85. The number of nitrogen functional groups attached to an aromatic ring is 1. The van der Waals surface area contributed by atoms with Crippen LogP contribution in [0.2, 0.25) is 0 Å². The number of hydrogen-bond acceptors (Lipinski definition) is 5. The summed E-state index contributed by atoms with van der Waals surface area (Å²) in [6.07, 6.45) is 3.16. The monoisotopic (exact) mass is 265 g/mol. The number of nitrogens with two attached hydrogens (primary N) is 1. The quantitative estimate of drug-likeness (QED) is 0.765. The Bertz CT molecular complexity index is 421. The van der Waals surface area contributed by atoms with Gasteiger partial charge in [-0.15, -0.1) is 0 Å². The average molecular weight is 265 g/mol. The lowest BCUT2D eigenvalue weighted by atomic mass is 10.2. The maximum Gasteiger partial charge on any atom is 0.307 e. The van der Waals surface area contributed by atoms with Gasteiger partial charge in [0.2, 0.25) is 0 Å². The van der Waals surface area contributed by atoms with Crippen LogP contribution in [-0.4, -0.2) is 30.6 Å². The first kappa shape index (κ1) is 15.3. The maximum atomic E-state index is 11.4. The Morgan fingerprint density at radius 1 is 1.42 bits per heavy atom. The molecule has 106 valence electrons. The lowest BCUT2D eigenvalue weighted by Crippen LogP contribution is -2.28. The lowest BCUT2D eigenvalue weighted by molar-refractivity contribution is -0.142. The van der Waals surface area contributed by atoms with Crippen LogP contribution in [-0.2, 0) is 9.53 Å². The van der Waals surface area contributed by atoms with Gasteiger partial charge in [0.25, 0.3) is 0 Å². The zero-order valence-electron chi connectivity index (χ0n) is 12.0. The topological polar surface area (TPSA) is 68.5 Å². The van der Waals surface area contributed by atoms with E-state index >= 15 is 0 Å². The normalized spacial score (nSPS) is 10.3. The highest BCUT2D eigenvalue weighted by Gasteiger charge is 2.12. The summed E-state index contributed by atoms with van der Waals surface area (Å²) in [5.74, 6) is 0.354. The fourth-order valence-electron chi connectivity index (χ4n) is 1.98. The Balaban J connectivity index is 2.73. The molecular formula is C14H23N3O2. The molecule has 5 heteroatoms. The first-order valence-electron chi connectivity index (χ1n) is 6.71. The van der Waals surface area contributed by atoms with Gasteiger partial charge in [-0.05, 0) is 31.9 Å². The van der Waals surface area contributed by atoms with E-state index in [0.717, 1.165) is 24.2 Å². The van der Waals surface area contributed by atoms with Gasteiger partial charge in [0, 0.05) is 13.1 Å². The molecule has 0 fully saturated rings. The Hall–Kier alpha value is -1.78. The van der Waals surface area contributed by atoms with Gasteiger partial charge in [-0.3, -0.25) is 4.79 Å². The molecule has 0 aliphatic rings. The minimum absolute atomic E-state index is 0.162. The average Bonchev–Trinajstić information content (AvgIpc) is 2.35. The van der Waals surface area contributed by atoms with Gasteiger partial charge in [0.15, 0.2) is 0 Å². The number of nitrogens with zero attached hydrogens (tertiary/aromatic N) is 2. The van der Waals surface area contributed by atoms with Gasteiger partial charge in [-0.25, -0.2) is 4.98 Å². The molecule has 1 aromatic heterocycles. The van der Waals surface area contributed by atoms with E-state index < -0.39 is 0 Å². The molecule has 0 saturated heterocycles. The number of carbonyl (C=O) groups excluding carboxylic acids is 1. The molecule has 0 atom stereocenters. The van der Waals surface area contributed by atoms with E-state index in [9.17, 15) is 4.79 Å². The van der Waals surface area contributed by atoms with Crippen LogP contribution in [0.15, 0.2) is 12.3 Å². The zero-order valence-corrected chi connectivity index (χ0v) is 12.0. The van der Waals surface area contributed by atoms with E-state index in [1.54, 1.807) is 6.20 Å². The molecule has 19 heavy (non-hydrogen) atoms. The van der Waals surface area contributed by atoms with Gasteiger partial charge < -0.3 is 15.4 Å². The van der Waals surface area contributed by atoms with Gasteiger partial charge in [-0.1, -0.05) is 6.92 Å². The van der Waals surface area contributed by atoms with Crippen molar-refractivity contribution < 1.29 is 9.53 Å². The fourth-order valence-corrected chi connectivity index (χ4v) is 1.98. The predicted molar refractivity (Wildman–Crippen MR) is 77.1 cm³/mol. The number of carbonyl (C=O) groups is 1. The van der Waals surface area contributed by atoms with Gasteiger partial charge in [0.1, 0.15) is 5.82 Å². The molecule has 0 spiro atoms. The Kier molecular flexibility index (Phi) is 6.12. The molecule has 0 radical (unpaired) electrons. The van der Waals surface area contributed by atoms with Crippen molar-refractivity contribution in [3.8, 4) is 0 Å². The van der Waals surface area contributed by atoms with Crippen molar-refractivity contribution in [3.63, 3.8) is 0 Å². The van der Waals surface area contributed by atoms with Crippen molar-refractivity contribution in [1.29, 1.82) is 0 Å². The number of aryl methyl sites for hydroxylation is 1. The van der Waals surface area contributed by atoms with Crippen LogP contribution in [0.25, 0.3) is 0 Å². The number of rotatable bonds is 7. The van der Waals surface area contributed by atoms with Crippen molar-refractivity contribution in [1.82, 2.24) is 4.98 Å². The number of esters is 1. The van der Waals surface area contributed by atoms with Crippen molar-refractivity contribution in [2.75, 3.05) is 30.3 Å². The number of ether oxygens (including phenoxy) is 1. The highest BCUT2D eigenvalue weighted by molar-refractivity contribution is 5.70. The SMILES string of the molecule is CCCN(CCC(=O)OCC)c1cnc(N)cc1C. The van der Waals surface area contributed by atoms with Crippen LogP contribution in [0.1, 0.15) is 32.3 Å². The summed E-state index contributed by atoms with van der Waals surface area (Å²) in [7, 11) is 0. The second kappa shape index (κ2) is 7.61. The van der Waals surface area contributed by atoms with Crippen molar-refractivity contribution >= 4 is 17.5 Å². The largest absolute Gasteiger partial charge is 0.466 e. The fraction of sp³-hybridized carbons (Fsp3) is 0.571. The molecule has 1 aromatic rings. The molecule has 0 amide bonds. The van der Waals surface area contributed by atoms with E-state index in [1.807, 2.05) is 19.9 Å². The molecule has 1 rings (SSSR count). The Morgan fingerprint density at radius 3 is 2.74 bits per heavy atom. The molecule has 1 heterocycles. The second-order valence-corrected chi connectivity index (χ2v) is 4.44. The molecule has 2 N–H and O–H groups in total. The van der Waals surface area contributed by atoms with E-state index in [1.165, 1.54) is 0 Å². The first-order valence-corrected chi connectivity index (χ1v) is 6.71. The standard InChI is InChI=1S/C14H23N3O2/c1-4-7-17(8-6-14(18)19-5-2)12-10-16-13(15)9-11(12)3/h9-10H,4-8H2,1-3H3,(H2,15,16).